The highest BCUT2D eigenvalue weighted by molar-refractivity contribution is 9.10. The standard InChI is InChI=1S/C21H11Br2NO7/c22-15-2-5-18(13(7-15)10-25)30-20-4-1-12(9-17(20)24(28)29)21(27)31-19-6-3-16(23)8-14(19)11-26/h1-11H. The highest BCUT2D eigenvalue weighted by Crippen LogP contribution is 2.34. The summed E-state index contributed by atoms with van der Waals surface area (Å²) in [5, 5.41) is 11.5. The van der Waals surface area contributed by atoms with Crippen molar-refractivity contribution in [2.75, 3.05) is 0 Å². The van der Waals surface area contributed by atoms with E-state index in [1.165, 1.54) is 36.4 Å². The second-order valence-electron chi connectivity index (χ2n) is 6.03. The molecule has 0 N–H and O–H groups in total. The second kappa shape index (κ2) is 9.63. The van der Waals surface area contributed by atoms with Crippen molar-refractivity contribution in [2.45, 2.75) is 0 Å². The topological polar surface area (TPSA) is 113 Å². The lowest BCUT2D eigenvalue weighted by atomic mass is 10.1. The van der Waals surface area contributed by atoms with Gasteiger partial charge in [-0.3, -0.25) is 19.7 Å². The molecular formula is C21H11Br2NO7. The number of esters is 1. The summed E-state index contributed by atoms with van der Waals surface area (Å²) in [6.07, 6.45) is 1.08. The van der Waals surface area contributed by atoms with Crippen LogP contribution in [-0.2, 0) is 0 Å². The van der Waals surface area contributed by atoms with Gasteiger partial charge in [0.2, 0.25) is 5.75 Å². The van der Waals surface area contributed by atoms with E-state index in [1.807, 2.05) is 0 Å². The summed E-state index contributed by atoms with van der Waals surface area (Å²) >= 11 is 6.44. The molecule has 156 valence electrons. The van der Waals surface area contributed by atoms with Gasteiger partial charge in [0.05, 0.1) is 21.6 Å². The van der Waals surface area contributed by atoms with Crippen LogP contribution in [0.4, 0.5) is 5.69 Å². The van der Waals surface area contributed by atoms with Crippen molar-refractivity contribution in [1.29, 1.82) is 0 Å². The molecule has 0 amide bonds. The number of hydrogen-bond acceptors (Lipinski definition) is 7. The summed E-state index contributed by atoms with van der Waals surface area (Å²) in [6.45, 7) is 0. The van der Waals surface area contributed by atoms with Crippen LogP contribution in [0.25, 0.3) is 0 Å². The summed E-state index contributed by atoms with van der Waals surface area (Å²) in [7, 11) is 0. The maximum Gasteiger partial charge on any atom is 0.343 e. The van der Waals surface area contributed by atoms with Crippen LogP contribution in [0, 0.1) is 10.1 Å². The predicted molar refractivity (Wildman–Crippen MR) is 117 cm³/mol. The Balaban J connectivity index is 1.92. The number of benzene rings is 3. The molecule has 10 heteroatoms. The number of rotatable bonds is 7. The van der Waals surface area contributed by atoms with E-state index in [-0.39, 0.29) is 33.9 Å². The molecule has 0 saturated carbocycles. The lowest BCUT2D eigenvalue weighted by Gasteiger charge is -2.10. The molecule has 8 nitrogen and oxygen atoms in total. The first-order chi connectivity index (χ1) is 14.8. The number of hydrogen-bond donors (Lipinski definition) is 0. The lowest BCUT2D eigenvalue weighted by Crippen LogP contribution is -2.10. The zero-order valence-electron chi connectivity index (χ0n) is 15.4. The Labute approximate surface area is 192 Å². The van der Waals surface area contributed by atoms with Crippen LogP contribution in [-0.4, -0.2) is 23.5 Å². The Morgan fingerprint density at radius 1 is 0.839 bits per heavy atom. The first-order valence-corrected chi connectivity index (χ1v) is 10.1. The number of nitro groups is 1. The molecule has 0 saturated heterocycles. The molecule has 0 heterocycles. The number of ether oxygens (including phenoxy) is 2. The molecule has 0 unspecified atom stereocenters. The van der Waals surface area contributed by atoms with Gasteiger partial charge in [-0.05, 0) is 48.5 Å². The summed E-state index contributed by atoms with van der Waals surface area (Å²) in [5.74, 6) is -0.930. The highest BCUT2D eigenvalue weighted by atomic mass is 79.9. The average molecular weight is 549 g/mol. The number of nitro benzene ring substituents is 1. The van der Waals surface area contributed by atoms with Crippen LogP contribution in [0.15, 0.2) is 63.5 Å². The van der Waals surface area contributed by atoms with Gasteiger partial charge in [0.15, 0.2) is 12.6 Å². The minimum atomic E-state index is -0.891. The molecule has 0 aliphatic carbocycles. The van der Waals surface area contributed by atoms with E-state index in [0.29, 0.717) is 21.5 Å². The quantitative estimate of drug-likeness (QED) is 0.121. The molecule has 3 rings (SSSR count). The van der Waals surface area contributed by atoms with E-state index < -0.39 is 16.6 Å². The second-order valence-corrected chi connectivity index (χ2v) is 7.86. The Morgan fingerprint density at radius 3 is 1.97 bits per heavy atom. The van der Waals surface area contributed by atoms with Crippen molar-refractivity contribution in [3.05, 3.63) is 90.3 Å². The molecule has 0 fully saturated rings. The van der Waals surface area contributed by atoms with Gasteiger partial charge in [-0.25, -0.2) is 4.79 Å². The van der Waals surface area contributed by atoms with E-state index in [1.54, 1.807) is 12.1 Å². The average Bonchev–Trinajstić information content (AvgIpc) is 2.76. The normalized spacial score (nSPS) is 10.3. The molecule has 0 aliphatic heterocycles. The van der Waals surface area contributed by atoms with E-state index >= 15 is 0 Å². The van der Waals surface area contributed by atoms with E-state index in [9.17, 15) is 24.5 Å². The van der Waals surface area contributed by atoms with Crippen molar-refractivity contribution < 1.29 is 28.8 Å². The van der Waals surface area contributed by atoms with Gasteiger partial charge in [-0.15, -0.1) is 0 Å². The highest BCUT2D eigenvalue weighted by Gasteiger charge is 2.22. The molecular weight excluding hydrogens is 538 g/mol. The van der Waals surface area contributed by atoms with Gasteiger partial charge in [0.1, 0.15) is 11.5 Å². The van der Waals surface area contributed by atoms with Crippen molar-refractivity contribution in [3.8, 4) is 17.2 Å². The number of carbonyl (C=O) groups is 3. The zero-order valence-corrected chi connectivity index (χ0v) is 18.6. The zero-order chi connectivity index (χ0) is 22.5. The number of carbonyl (C=O) groups excluding carboxylic acids is 3. The maximum atomic E-state index is 12.5. The summed E-state index contributed by atoms with van der Waals surface area (Å²) < 4.78 is 12.0. The minimum absolute atomic E-state index is 0.0108. The van der Waals surface area contributed by atoms with E-state index in [0.717, 1.165) is 6.07 Å². The van der Waals surface area contributed by atoms with E-state index in [4.69, 9.17) is 9.47 Å². The molecule has 3 aromatic rings. The molecule has 3 aromatic carbocycles. The molecule has 0 atom stereocenters. The van der Waals surface area contributed by atoms with Gasteiger partial charge in [-0.2, -0.15) is 0 Å². The molecule has 0 spiro atoms. The van der Waals surface area contributed by atoms with Crippen molar-refractivity contribution in [2.24, 2.45) is 0 Å². The SMILES string of the molecule is O=Cc1cc(Br)ccc1OC(=O)c1ccc(Oc2ccc(Br)cc2C=O)c([N+](=O)[O-])c1. The van der Waals surface area contributed by atoms with E-state index in [2.05, 4.69) is 31.9 Å². The van der Waals surface area contributed by atoms with Gasteiger partial charge in [0, 0.05) is 15.0 Å². The third-order valence-corrected chi connectivity index (χ3v) is 5.00. The maximum absolute atomic E-state index is 12.5. The van der Waals surface area contributed by atoms with Crippen LogP contribution in [0.5, 0.6) is 17.2 Å². The Hall–Kier alpha value is -3.37. The Bertz CT molecular complexity index is 1210. The van der Waals surface area contributed by atoms with Gasteiger partial charge in [0.25, 0.3) is 0 Å². The van der Waals surface area contributed by atoms with Gasteiger partial charge >= 0.3 is 11.7 Å². The summed E-state index contributed by atoms with van der Waals surface area (Å²) in [5.41, 5.74) is -0.302. The molecule has 0 radical (unpaired) electrons. The van der Waals surface area contributed by atoms with Gasteiger partial charge < -0.3 is 9.47 Å². The summed E-state index contributed by atoms with van der Waals surface area (Å²) in [4.78, 5) is 45.7. The van der Waals surface area contributed by atoms with Crippen LogP contribution in [0.1, 0.15) is 31.1 Å². The molecule has 31 heavy (non-hydrogen) atoms. The van der Waals surface area contributed by atoms with Crippen molar-refractivity contribution >= 4 is 56.1 Å². The first-order valence-electron chi connectivity index (χ1n) is 8.50. The van der Waals surface area contributed by atoms with Crippen LogP contribution in [0.2, 0.25) is 0 Å². The fourth-order valence-electron chi connectivity index (χ4n) is 2.56. The van der Waals surface area contributed by atoms with Crippen molar-refractivity contribution in [1.82, 2.24) is 0 Å². The minimum Gasteiger partial charge on any atom is -0.449 e. The van der Waals surface area contributed by atoms with Crippen LogP contribution in [0.3, 0.4) is 0 Å². The Morgan fingerprint density at radius 2 is 1.39 bits per heavy atom. The molecule has 0 aromatic heterocycles. The van der Waals surface area contributed by atoms with Crippen LogP contribution >= 0.6 is 31.9 Å². The summed E-state index contributed by atoms with van der Waals surface area (Å²) in [6, 6.07) is 12.6. The lowest BCUT2D eigenvalue weighted by molar-refractivity contribution is -0.385. The number of aldehydes is 2. The predicted octanol–water partition coefficient (Wildman–Crippen LogP) is 5.76. The Kier molecular flexibility index (Phi) is 6.93. The third-order valence-electron chi connectivity index (χ3n) is 4.01. The fourth-order valence-corrected chi connectivity index (χ4v) is 3.32. The molecule has 0 aliphatic rings. The monoisotopic (exact) mass is 547 g/mol. The smallest absolute Gasteiger partial charge is 0.343 e. The first kappa shape index (κ1) is 22.3. The molecule has 0 bridgehead atoms. The third kappa shape index (κ3) is 5.22. The van der Waals surface area contributed by atoms with Gasteiger partial charge in [-0.1, -0.05) is 31.9 Å². The number of nitrogens with zero attached hydrogens (tertiary/aromatic N) is 1. The number of halogens is 2. The largest absolute Gasteiger partial charge is 0.449 e. The fraction of sp³-hybridized carbons (Fsp3) is 0. The van der Waals surface area contributed by atoms with Crippen molar-refractivity contribution in [3.63, 3.8) is 0 Å². The van der Waals surface area contributed by atoms with Crippen LogP contribution < -0.4 is 9.47 Å².